The van der Waals surface area contributed by atoms with E-state index < -0.39 is 17.6 Å². The number of methoxy groups -OCH3 is 1. The number of pyridine rings is 1. The minimum absolute atomic E-state index is 0.0188. The summed E-state index contributed by atoms with van der Waals surface area (Å²) in [6.45, 7) is 0.527. The van der Waals surface area contributed by atoms with E-state index in [1.807, 2.05) is 42.5 Å². The van der Waals surface area contributed by atoms with Gasteiger partial charge in [0.1, 0.15) is 5.69 Å². The van der Waals surface area contributed by atoms with Gasteiger partial charge in [0.2, 0.25) is 5.91 Å². The van der Waals surface area contributed by atoms with E-state index >= 15 is 0 Å². The molecule has 1 aromatic carbocycles. The summed E-state index contributed by atoms with van der Waals surface area (Å²) in [5.74, 6) is -0.550. The summed E-state index contributed by atoms with van der Waals surface area (Å²) in [6, 6.07) is 8.55. The molecule has 0 fully saturated rings. The molecule has 0 radical (unpaired) electrons. The standard InChI is InChI=1S/C27H26F3N5O3/c1-38-18-24-22(26(37)32-14-21-13-31-11-10-23(21)27(28,29)30)17-35(33-24)16-20-8-6-19(7-9-20)15-34-12-4-2-3-5-25(34)36/h2-4,6-13,17H,5,14-16,18H2,1H3,(H,32,37). The highest BCUT2D eigenvalue weighted by molar-refractivity contribution is 5.95. The molecule has 8 nitrogen and oxygen atoms in total. The summed E-state index contributed by atoms with van der Waals surface area (Å²) in [6.07, 6.45) is 6.73. The molecule has 0 saturated carbocycles. The second kappa shape index (κ2) is 11.9. The van der Waals surface area contributed by atoms with Crippen molar-refractivity contribution < 1.29 is 27.5 Å². The number of nitrogens with one attached hydrogen (secondary N) is 1. The van der Waals surface area contributed by atoms with Crippen molar-refractivity contribution in [2.45, 2.75) is 38.8 Å². The molecule has 198 valence electrons. The minimum atomic E-state index is -4.55. The molecule has 1 aliphatic rings. The van der Waals surface area contributed by atoms with E-state index in [0.717, 1.165) is 29.6 Å². The Morgan fingerprint density at radius 3 is 2.55 bits per heavy atom. The van der Waals surface area contributed by atoms with Crippen LogP contribution in [0.15, 0.2) is 73.4 Å². The van der Waals surface area contributed by atoms with Gasteiger partial charge in [0.25, 0.3) is 5.91 Å². The molecule has 3 heterocycles. The fourth-order valence-electron chi connectivity index (χ4n) is 3.97. The van der Waals surface area contributed by atoms with Gasteiger partial charge in [-0.15, -0.1) is 0 Å². The third-order valence-electron chi connectivity index (χ3n) is 5.86. The van der Waals surface area contributed by atoms with Crippen molar-refractivity contribution in [1.82, 2.24) is 25.0 Å². The van der Waals surface area contributed by atoms with Gasteiger partial charge in [-0.1, -0.05) is 36.4 Å². The number of rotatable bonds is 9. The number of nitrogens with zero attached hydrogens (tertiary/aromatic N) is 4. The summed E-state index contributed by atoms with van der Waals surface area (Å²) in [5, 5.41) is 6.96. The van der Waals surface area contributed by atoms with Crippen molar-refractivity contribution in [2.24, 2.45) is 0 Å². The Morgan fingerprint density at radius 2 is 1.84 bits per heavy atom. The van der Waals surface area contributed by atoms with Gasteiger partial charge in [0.15, 0.2) is 0 Å². The number of ether oxygens (including phenoxy) is 1. The maximum Gasteiger partial charge on any atom is 0.416 e. The average Bonchev–Trinajstić information content (AvgIpc) is 3.17. The van der Waals surface area contributed by atoms with E-state index in [9.17, 15) is 22.8 Å². The topological polar surface area (TPSA) is 89.4 Å². The molecule has 11 heteroatoms. The number of halogens is 3. The number of carbonyl (C=O) groups excluding carboxylic acids is 2. The van der Waals surface area contributed by atoms with E-state index in [1.54, 1.807) is 22.0 Å². The third-order valence-corrected chi connectivity index (χ3v) is 5.86. The smallest absolute Gasteiger partial charge is 0.378 e. The minimum Gasteiger partial charge on any atom is -0.378 e. The molecule has 4 rings (SSSR count). The molecule has 1 aliphatic heterocycles. The zero-order valence-electron chi connectivity index (χ0n) is 20.6. The first-order valence-electron chi connectivity index (χ1n) is 11.8. The van der Waals surface area contributed by atoms with Gasteiger partial charge in [-0.25, -0.2) is 0 Å². The lowest BCUT2D eigenvalue weighted by Gasteiger charge is -2.17. The maximum atomic E-state index is 13.3. The second-order valence-corrected chi connectivity index (χ2v) is 8.65. The third kappa shape index (κ3) is 6.74. The number of allylic oxidation sites excluding steroid dienone is 2. The summed E-state index contributed by atoms with van der Waals surface area (Å²) in [5.41, 5.74) is 1.46. The van der Waals surface area contributed by atoms with Crippen LogP contribution in [-0.4, -0.2) is 38.6 Å². The SMILES string of the molecule is COCc1nn(Cc2ccc(CN3C=CC=CCC3=O)cc2)cc1C(=O)NCc1cnccc1C(F)(F)F. The van der Waals surface area contributed by atoms with Crippen LogP contribution < -0.4 is 5.32 Å². The van der Waals surface area contributed by atoms with Crippen LogP contribution in [0.1, 0.15) is 44.7 Å². The first-order chi connectivity index (χ1) is 18.2. The van der Waals surface area contributed by atoms with Crippen molar-refractivity contribution in [3.8, 4) is 0 Å². The zero-order valence-corrected chi connectivity index (χ0v) is 20.6. The summed E-state index contributed by atoms with van der Waals surface area (Å²) < 4.78 is 46.5. The number of alkyl halides is 3. The molecular weight excluding hydrogens is 499 g/mol. The molecule has 1 N–H and O–H groups in total. The molecule has 3 aromatic rings. The van der Waals surface area contributed by atoms with Gasteiger partial charge >= 0.3 is 6.18 Å². The van der Waals surface area contributed by atoms with Crippen molar-refractivity contribution >= 4 is 11.8 Å². The van der Waals surface area contributed by atoms with Gasteiger partial charge in [0.05, 0.1) is 30.8 Å². The molecule has 0 unspecified atom stereocenters. The molecule has 0 atom stereocenters. The van der Waals surface area contributed by atoms with Gasteiger partial charge < -0.3 is 15.0 Å². The lowest BCUT2D eigenvalue weighted by atomic mass is 10.1. The zero-order chi connectivity index (χ0) is 27.1. The van der Waals surface area contributed by atoms with Gasteiger partial charge in [-0.3, -0.25) is 19.3 Å². The van der Waals surface area contributed by atoms with E-state index in [4.69, 9.17) is 4.74 Å². The highest BCUT2D eigenvalue weighted by Crippen LogP contribution is 2.31. The Balaban J connectivity index is 1.43. The molecule has 0 aliphatic carbocycles. The number of benzene rings is 1. The lowest BCUT2D eigenvalue weighted by molar-refractivity contribution is -0.138. The Labute approximate surface area is 217 Å². The van der Waals surface area contributed by atoms with E-state index in [1.165, 1.54) is 7.11 Å². The van der Waals surface area contributed by atoms with Crippen LogP contribution in [0.2, 0.25) is 0 Å². The predicted molar refractivity (Wildman–Crippen MR) is 132 cm³/mol. The largest absolute Gasteiger partial charge is 0.416 e. The number of carbonyl (C=O) groups is 2. The maximum absolute atomic E-state index is 13.3. The van der Waals surface area contributed by atoms with E-state index in [2.05, 4.69) is 15.4 Å². The summed E-state index contributed by atoms with van der Waals surface area (Å²) >= 11 is 0. The van der Waals surface area contributed by atoms with Crippen molar-refractivity contribution in [2.75, 3.05) is 7.11 Å². The monoisotopic (exact) mass is 525 g/mol. The van der Waals surface area contributed by atoms with Gasteiger partial charge in [-0.05, 0) is 23.3 Å². The number of hydrogen-bond acceptors (Lipinski definition) is 5. The molecule has 0 bridgehead atoms. The van der Waals surface area contributed by atoms with Crippen molar-refractivity contribution in [3.05, 3.63) is 107 Å². The van der Waals surface area contributed by atoms with Crippen LogP contribution in [0.25, 0.3) is 0 Å². The lowest BCUT2D eigenvalue weighted by Crippen LogP contribution is -2.25. The molecule has 38 heavy (non-hydrogen) atoms. The first kappa shape index (κ1) is 26.8. The van der Waals surface area contributed by atoms with Crippen molar-refractivity contribution in [1.29, 1.82) is 0 Å². The van der Waals surface area contributed by atoms with Crippen LogP contribution in [0.3, 0.4) is 0 Å². The van der Waals surface area contributed by atoms with Crippen molar-refractivity contribution in [3.63, 3.8) is 0 Å². The second-order valence-electron chi connectivity index (χ2n) is 8.65. The predicted octanol–water partition coefficient (Wildman–Crippen LogP) is 4.22. The van der Waals surface area contributed by atoms with E-state index in [-0.39, 0.29) is 30.2 Å². The highest BCUT2D eigenvalue weighted by atomic mass is 19.4. The molecule has 0 spiro atoms. The average molecular weight is 526 g/mol. The van der Waals surface area contributed by atoms with Crippen LogP contribution in [0.4, 0.5) is 13.2 Å². The Hall–Kier alpha value is -4.25. The van der Waals surface area contributed by atoms with Crippen LogP contribution in [-0.2, 0) is 41.9 Å². The fraction of sp³-hybridized carbons (Fsp3) is 0.259. The van der Waals surface area contributed by atoms with Crippen LogP contribution in [0.5, 0.6) is 0 Å². The highest BCUT2D eigenvalue weighted by Gasteiger charge is 2.33. The molecule has 2 aromatic heterocycles. The fourth-order valence-corrected chi connectivity index (χ4v) is 3.97. The number of hydrogen-bond donors (Lipinski definition) is 1. The van der Waals surface area contributed by atoms with E-state index in [0.29, 0.717) is 25.2 Å². The van der Waals surface area contributed by atoms with Crippen LogP contribution in [0, 0.1) is 0 Å². The van der Waals surface area contributed by atoms with Gasteiger partial charge in [0, 0.05) is 50.4 Å². The summed E-state index contributed by atoms with van der Waals surface area (Å²) in [7, 11) is 1.46. The summed E-state index contributed by atoms with van der Waals surface area (Å²) in [4.78, 5) is 30.4. The van der Waals surface area contributed by atoms with Gasteiger partial charge in [-0.2, -0.15) is 18.3 Å². The molecular formula is C27H26F3N5O3. The number of aromatic nitrogens is 3. The van der Waals surface area contributed by atoms with Crippen LogP contribution >= 0.6 is 0 Å². The quantitative estimate of drug-likeness (QED) is 0.452. The molecule has 0 saturated heterocycles. The normalized spacial score (nSPS) is 13.6. The Morgan fingerprint density at radius 1 is 1.11 bits per heavy atom. The Kier molecular flexibility index (Phi) is 8.37. The first-order valence-corrected chi connectivity index (χ1v) is 11.8. The Bertz CT molecular complexity index is 1350. The number of amides is 2. The molecule has 2 amide bonds.